The minimum Gasteiger partial charge on any atom is -0.328 e. The molecule has 1 amide bonds. The number of hydrogen-bond acceptors (Lipinski definition) is 4. The normalized spacial score (nSPS) is 14.8. The van der Waals surface area contributed by atoms with Crippen molar-refractivity contribution in [3.63, 3.8) is 0 Å². The summed E-state index contributed by atoms with van der Waals surface area (Å²) >= 11 is 1.51. The maximum absolute atomic E-state index is 11.6. The van der Waals surface area contributed by atoms with E-state index < -0.39 is 0 Å². The van der Waals surface area contributed by atoms with Crippen molar-refractivity contribution >= 4 is 22.8 Å². The summed E-state index contributed by atoms with van der Waals surface area (Å²) in [5, 5.41) is 3.31. The maximum Gasteiger partial charge on any atom is 0.258 e. The van der Waals surface area contributed by atoms with Crippen molar-refractivity contribution in [1.29, 1.82) is 0 Å². The molecule has 0 aliphatic carbocycles. The second-order valence-electron chi connectivity index (χ2n) is 2.93. The van der Waals surface area contributed by atoms with Crippen LogP contribution in [0.3, 0.4) is 0 Å². The molecule has 1 aliphatic rings. The van der Waals surface area contributed by atoms with Gasteiger partial charge in [-0.2, -0.15) is 0 Å². The smallest absolute Gasteiger partial charge is 0.258 e. The third kappa shape index (κ3) is 2.47. The number of rotatable bonds is 1. The van der Waals surface area contributed by atoms with Crippen LogP contribution in [0.5, 0.6) is 0 Å². The van der Waals surface area contributed by atoms with Gasteiger partial charge in [-0.15, -0.1) is 0 Å². The number of carbonyl (C=O) groups is 1. The molecule has 0 saturated heterocycles. The zero-order chi connectivity index (χ0) is 10.7. The van der Waals surface area contributed by atoms with Gasteiger partial charge in [0.15, 0.2) is 5.17 Å². The number of thioether (sulfide) groups is 1. The lowest BCUT2D eigenvalue weighted by Crippen LogP contribution is -2.27. The average molecular weight is 223 g/mol. The largest absolute Gasteiger partial charge is 0.328 e. The first-order valence-corrected chi connectivity index (χ1v) is 5.41. The molecular weight excluding hydrogens is 214 g/mol. The van der Waals surface area contributed by atoms with Crippen LogP contribution in [-0.2, 0) is 0 Å². The van der Waals surface area contributed by atoms with Gasteiger partial charge in [-0.1, -0.05) is 11.8 Å². The molecule has 5 nitrogen and oxygen atoms in total. The number of amidine groups is 1. The summed E-state index contributed by atoms with van der Waals surface area (Å²) in [5.74, 6) is 0.653. The first kappa shape index (κ1) is 9.97. The van der Waals surface area contributed by atoms with Gasteiger partial charge in [-0.05, 0) is 6.07 Å². The van der Waals surface area contributed by atoms with Gasteiger partial charge >= 0.3 is 0 Å². The van der Waals surface area contributed by atoms with Crippen LogP contribution in [0.15, 0.2) is 28.1 Å². The molecule has 1 aromatic heterocycles. The molecule has 0 fully saturated rings. The first-order chi connectivity index (χ1) is 7.25. The lowest BCUT2D eigenvalue weighted by Gasteiger charge is -2.02. The molecule has 0 bridgehead atoms. The molecule has 0 radical (unpaired) electrons. The number of H-pyrrole nitrogens is 1. The lowest BCUT2D eigenvalue weighted by molar-refractivity contribution is 0.0977. The summed E-state index contributed by atoms with van der Waals surface area (Å²) in [7, 11) is 0. The molecule has 0 unspecified atom stereocenters. The lowest BCUT2D eigenvalue weighted by atomic mass is 10.3. The van der Waals surface area contributed by atoms with E-state index in [0.29, 0.717) is 10.7 Å². The van der Waals surface area contributed by atoms with Crippen LogP contribution in [0.25, 0.3) is 0 Å². The maximum atomic E-state index is 11.6. The molecule has 0 atom stereocenters. The summed E-state index contributed by atoms with van der Waals surface area (Å²) in [4.78, 5) is 28.9. The van der Waals surface area contributed by atoms with Gasteiger partial charge in [0.05, 0.1) is 12.1 Å². The van der Waals surface area contributed by atoms with Crippen molar-refractivity contribution in [2.75, 3.05) is 12.3 Å². The molecule has 0 spiro atoms. The van der Waals surface area contributed by atoms with Crippen LogP contribution in [0.4, 0.5) is 0 Å². The highest BCUT2D eigenvalue weighted by molar-refractivity contribution is 8.14. The summed E-state index contributed by atoms with van der Waals surface area (Å²) in [5.41, 5.74) is 0.198. The molecule has 15 heavy (non-hydrogen) atoms. The number of nitrogens with zero attached hydrogens (tertiary/aromatic N) is 1. The molecule has 2 heterocycles. The fraction of sp³-hybridized carbons (Fsp3) is 0.222. The van der Waals surface area contributed by atoms with Crippen LogP contribution in [0.1, 0.15) is 10.4 Å². The molecular formula is C9H9N3O2S. The van der Waals surface area contributed by atoms with Crippen LogP contribution < -0.4 is 10.9 Å². The van der Waals surface area contributed by atoms with Crippen molar-refractivity contribution in [2.45, 2.75) is 0 Å². The number of carbonyl (C=O) groups excluding carboxylic acids is 1. The molecule has 1 aliphatic heterocycles. The third-order valence-electron chi connectivity index (χ3n) is 1.85. The zero-order valence-electron chi connectivity index (χ0n) is 7.82. The minimum absolute atomic E-state index is 0.223. The van der Waals surface area contributed by atoms with Crippen molar-refractivity contribution in [1.82, 2.24) is 10.3 Å². The Morgan fingerprint density at radius 3 is 3.00 bits per heavy atom. The van der Waals surface area contributed by atoms with Crippen LogP contribution in [0.2, 0.25) is 0 Å². The Labute approximate surface area is 90.0 Å². The van der Waals surface area contributed by atoms with Gasteiger partial charge in [0, 0.05) is 18.0 Å². The summed E-state index contributed by atoms with van der Waals surface area (Å²) in [6, 6.07) is 2.80. The molecule has 0 aromatic carbocycles. The van der Waals surface area contributed by atoms with E-state index in [1.165, 1.54) is 30.1 Å². The van der Waals surface area contributed by atoms with E-state index in [2.05, 4.69) is 15.3 Å². The summed E-state index contributed by atoms with van der Waals surface area (Å²) in [6.45, 7) is 0.742. The monoisotopic (exact) mass is 223 g/mol. The van der Waals surface area contributed by atoms with Gasteiger partial charge in [0.25, 0.3) is 5.91 Å². The SMILES string of the molecule is O=C(NC1=NCCS1)c1ccc(=O)[nH]c1. The Hall–Kier alpha value is -1.56. The highest BCUT2D eigenvalue weighted by Gasteiger charge is 2.12. The van der Waals surface area contributed by atoms with Gasteiger partial charge in [0.2, 0.25) is 5.56 Å². The van der Waals surface area contributed by atoms with Gasteiger partial charge < -0.3 is 10.3 Å². The van der Waals surface area contributed by atoms with Crippen molar-refractivity contribution in [3.8, 4) is 0 Å². The Balaban J connectivity index is 2.07. The van der Waals surface area contributed by atoms with E-state index in [9.17, 15) is 9.59 Å². The molecule has 2 N–H and O–H groups in total. The third-order valence-corrected chi connectivity index (χ3v) is 2.74. The Bertz CT molecular complexity index is 446. The quantitative estimate of drug-likeness (QED) is 0.714. The highest BCUT2D eigenvalue weighted by atomic mass is 32.2. The number of nitrogens with one attached hydrogen (secondary N) is 2. The molecule has 78 valence electrons. The summed E-state index contributed by atoms with van der Waals surface area (Å²) in [6.07, 6.45) is 1.39. The Morgan fingerprint density at radius 2 is 2.40 bits per heavy atom. The standard InChI is InChI=1S/C9H9N3O2S/c13-7-2-1-6(5-11-7)8(14)12-9-10-3-4-15-9/h1-2,5H,3-4H2,(H,11,13)(H,10,12,14). The van der Waals surface area contributed by atoms with E-state index in [1.807, 2.05) is 0 Å². The zero-order valence-corrected chi connectivity index (χ0v) is 8.63. The second-order valence-corrected chi connectivity index (χ2v) is 4.01. The first-order valence-electron chi connectivity index (χ1n) is 4.43. The van der Waals surface area contributed by atoms with E-state index >= 15 is 0 Å². The van der Waals surface area contributed by atoms with Gasteiger partial charge in [0.1, 0.15) is 0 Å². The van der Waals surface area contributed by atoms with Crippen molar-refractivity contribution < 1.29 is 4.79 Å². The predicted molar refractivity (Wildman–Crippen MR) is 59.3 cm³/mol. The number of amides is 1. The van der Waals surface area contributed by atoms with E-state index in [-0.39, 0.29) is 11.5 Å². The number of hydrogen-bond donors (Lipinski definition) is 2. The number of aromatic amines is 1. The van der Waals surface area contributed by atoms with E-state index in [4.69, 9.17) is 0 Å². The molecule has 2 rings (SSSR count). The number of aromatic nitrogens is 1. The fourth-order valence-corrected chi connectivity index (χ4v) is 1.86. The minimum atomic E-state index is -0.251. The van der Waals surface area contributed by atoms with E-state index in [1.54, 1.807) is 0 Å². The molecule has 0 saturated carbocycles. The Kier molecular flexibility index (Phi) is 2.86. The van der Waals surface area contributed by atoms with Gasteiger partial charge in [-0.25, -0.2) is 0 Å². The average Bonchev–Trinajstić information content (AvgIpc) is 2.71. The van der Waals surface area contributed by atoms with Crippen LogP contribution >= 0.6 is 11.8 Å². The van der Waals surface area contributed by atoms with Crippen molar-refractivity contribution in [3.05, 3.63) is 34.2 Å². The van der Waals surface area contributed by atoms with Gasteiger partial charge in [-0.3, -0.25) is 14.6 Å². The molecule has 1 aromatic rings. The molecule has 6 heteroatoms. The van der Waals surface area contributed by atoms with Crippen LogP contribution in [-0.4, -0.2) is 28.4 Å². The second kappa shape index (κ2) is 4.31. The summed E-state index contributed by atoms with van der Waals surface area (Å²) < 4.78 is 0. The fourth-order valence-electron chi connectivity index (χ4n) is 1.13. The van der Waals surface area contributed by atoms with E-state index in [0.717, 1.165) is 12.3 Å². The number of aliphatic imine (C=N–C) groups is 1. The number of pyridine rings is 1. The van der Waals surface area contributed by atoms with Crippen molar-refractivity contribution in [2.24, 2.45) is 4.99 Å². The topological polar surface area (TPSA) is 74.3 Å². The predicted octanol–water partition coefficient (Wildman–Crippen LogP) is 0.207. The highest BCUT2D eigenvalue weighted by Crippen LogP contribution is 2.09. The Morgan fingerprint density at radius 1 is 1.53 bits per heavy atom. The van der Waals surface area contributed by atoms with Crippen LogP contribution in [0, 0.1) is 0 Å².